The van der Waals surface area contributed by atoms with E-state index in [1.807, 2.05) is 0 Å². The normalized spacial score (nSPS) is 13.0. The first kappa shape index (κ1) is 14.8. The van der Waals surface area contributed by atoms with Gasteiger partial charge in [0.2, 0.25) is 10.0 Å². The van der Waals surface area contributed by atoms with Crippen LogP contribution in [0, 0.1) is 0 Å². The molecule has 0 amide bonds. The van der Waals surface area contributed by atoms with Crippen LogP contribution < -0.4 is 4.72 Å². The van der Waals surface area contributed by atoms with Gasteiger partial charge in [0.25, 0.3) is 0 Å². The molecule has 0 saturated heterocycles. The van der Waals surface area contributed by atoms with Gasteiger partial charge in [0.15, 0.2) is 0 Å². The summed E-state index contributed by atoms with van der Waals surface area (Å²) in [6.45, 7) is 0.148. The Morgan fingerprint density at radius 2 is 2.00 bits per heavy atom. The van der Waals surface area contributed by atoms with Crippen LogP contribution in [-0.2, 0) is 22.6 Å². The Kier molecular flexibility index (Phi) is 3.74. The standard InChI is InChI=1S/C11H12F3N3O2S/c1-20(18,19)15-5-4-9-7-17-6-8(11(12,13)14)2-3-10(17)16-9/h2-3,6-7,15H,4-5H2,1H3. The number of imidazole rings is 1. The van der Waals surface area contributed by atoms with Crippen LogP contribution in [0.2, 0.25) is 0 Å². The minimum absolute atomic E-state index is 0.148. The van der Waals surface area contributed by atoms with Crippen molar-refractivity contribution >= 4 is 15.7 Å². The molecule has 0 aliphatic rings. The van der Waals surface area contributed by atoms with Crippen molar-refractivity contribution in [3.8, 4) is 0 Å². The van der Waals surface area contributed by atoms with Crippen LogP contribution in [0.15, 0.2) is 24.5 Å². The molecule has 0 atom stereocenters. The zero-order valence-corrected chi connectivity index (χ0v) is 11.3. The fraction of sp³-hybridized carbons (Fsp3) is 0.364. The number of nitrogens with zero attached hydrogens (tertiary/aromatic N) is 2. The first-order valence-corrected chi connectivity index (χ1v) is 7.54. The summed E-state index contributed by atoms with van der Waals surface area (Å²) in [5.41, 5.74) is 0.135. The number of halogens is 3. The van der Waals surface area contributed by atoms with Gasteiger partial charge in [-0.15, -0.1) is 0 Å². The molecule has 0 unspecified atom stereocenters. The van der Waals surface area contributed by atoms with E-state index in [1.165, 1.54) is 16.7 Å². The summed E-state index contributed by atoms with van der Waals surface area (Å²) in [4.78, 5) is 4.12. The predicted molar refractivity (Wildman–Crippen MR) is 66.7 cm³/mol. The van der Waals surface area contributed by atoms with E-state index in [9.17, 15) is 21.6 Å². The summed E-state index contributed by atoms with van der Waals surface area (Å²) in [6, 6.07) is 2.23. The fourth-order valence-electron chi connectivity index (χ4n) is 1.70. The lowest BCUT2D eigenvalue weighted by molar-refractivity contribution is -0.137. The Morgan fingerprint density at radius 3 is 2.60 bits per heavy atom. The van der Waals surface area contributed by atoms with Crippen molar-refractivity contribution in [2.45, 2.75) is 12.6 Å². The average molecular weight is 307 g/mol. The van der Waals surface area contributed by atoms with E-state index in [-0.39, 0.29) is 6.54 Å². The van der Waals surface area contributed by atoms with E-state index in [0.29, 0.717) is 17.8 Å². The van der Waals surface area contributed by atoms with Crippen LogP contribution in [0.3, 0.4) is 0 Å². The molecule has 2 heterocycles. The third-order valence-corrected chi connectivity index (χ3v) is 3.30. The van der Waals surface area contributed by atoms with Gasteiger partial charge in [-0.1, -0.05) is 0 Å². The van der Waals surface area contributed by atoms with Crippen molar-refractivity contribution in [3.63, 3.8) is 0 Å². The number of fused-ring (bicyclic) bond motifs is 1. The number of nitrogens with one attached hydrogen (secondary N) is 1. The molecule has 20 heavy (non-hydrogen) atoms. The Bertz CT molecular complexity index is 722. The highest BCUT2D eigenvalue weighted by Gasteiger charge is 2.30. The number of alkyl halides is 3. The molecule has 2 aromatic heterocycles. The summed E-state index contributed by atoms with van der Waals surface area (Å²) >= 11 is 0. The second kappa shape index (κ2) is 5.06. The molecule has 9 heteroatoms. The Hall–Kier alpha value is -1.61. The Morgan fingerprint density at radius 1 is 1.30 bits per heavy atom. The molecule has 0 bridgehead atoms. The van der Waals surface area contributed by atoms with Gasteiger partial charge >= 0.3 is 6.18 Å². The predicted octanol–water partition coefficient (Wildman–Crippen LogP) is 1.44. The third-order valence-electron chi connectivity index (χ3n) is 2.57. The molecule has 2 rings (SSSR count). The van der Waals surface area contributed by atoms with Crippen LogP contribution in [0.5, 0.6) is 0 Å². The lowest BCUT2D eigenvalue weighted by Crippen LogP contribution is -2.24. The first-order chi connectivity index (χ1) is 9.15. The van der Waals surface area contributed by atoms with Crippen molar-refractivity contribution < 1.29 is 21.6 Å². The number of sulfonamides is 1. The molecule has 0 spiro atoms. The molecule has 0 aromatic carbocycles. The van der Waals surface area contributed by atoms with Gasteiger partial charge in [0.1, 0.15) is 5.65 Å². The van der Waals surface area contributed by atoms with Crippen molar-refractivity contribution in [2.75, 3.05) is 12.8 Å². The molecular weight excluding hydrogens is 295 g/mol. The van der Waals surface area contributed by atoms with Crippen LogP contribution in [0.25, 0.3) is 5.65 Å². The van der Waals surface area contributed by atoms with E-state index in [4.69, 9.17) is 0 Å². The topological polar surface area (TPSA) is 63.5 Å². The minimum atomic E-state index is -4.41. The van der Waals surface area contributed by atoms with Gasteiger partial charge in [-0.25, -0.2) is 18.1 Å². The highest BCUT2D eigenvalue weighted by molar-refractivity contribution is 7.88. The quantitative estimate of drug-likeness (QED) is 0.930. The molecule has 0 radical (unpaired) electrons. The van der Waals surface area contributed by atoms with Crippen molar-refractivity contribution in [1.82, 2.24) is 14.1 Å². The van der Waals surface area contributed by atoms with Crippen LogP contribution in [0.1, 0.15) is 11.3 Å². The SMILES string of the molecule is CS(=O)(=O)NCCc1cn2cc(C(F)(F)F)ccc2n1. The zero-order valence-electron chi connectivity index (χ0n) is 10.5. The second-order valence-corrected chi connectivity index (χ2v) is 6.16. The highest BCUT2D eigenvalue weighted by Crippen LogP contribution is 2.29. The van der Waals surface area contributed by atoms with E-state index in [0.717, 1.165) is 18.5 Å². The monoisotopic (exact) mass is 307 g/mol. The summed E-state index contributed by atoms with van der Waals surface area (Å²) < 4.78 is 63.0. The number of rotatable bonds is 4. The fourth-order valence-corrected chi connectivity index (χ4v) is 2.17. The number of pyridine rings is 1. The largest absolute Gasteiger partial charge is 0.417 e. The molecule has 0 saturated carbocycles. The third kappa shape index (κ3) is 3.70. The van der Waals surface area contributed by atoms with Gasteiger partial charge in [-0.3, -0.25) is 0 Å². The zero-order chi connectivity index (χ0) is 15.0. The van der Waals surface area contributed by atoms with E-state index < -0.39 is 21.8 Å². The summed E-state index contributed by atoms with van der Waals surface area (Å²) in [7, 11) is -3.28. The van der Waals surface area contributed by atoms with E-state index in [1.54, 1.807) is 0 Å². The maximum absolute atomic E-state index is 12.5. The van der Waals surface area contributed by atoms with Crippen LogP contribution >= 0.6 is 0 Å². The number of hydrogen-bond donors (Lipinski definition) is 1. The van der Waals surface area contributed by atoms with Gasteiger partial charge in [-0.05, 0) is 12.1 Å². The maximum atomic E-state index is 12.5. The van der Waals surface area contributed by atoms with Crippen molar-refractivity contribution in [1.29, 1.82) is 0 Å². The van der Waals surface area contributed by atoms with Gasteiger partial charge in [0.05, 0.1) is 17.5 Å². The molecule has 0 aliphatic carbocycles. The maximum Gasteiger partial charge on any atom is 0.417 e. The van der Waals surface area contributed by atoms with E-state index in [2.05, 4.69) is 9.71 Å². The highest BCUT2D eigenvalue weighted by atomic mass is 32.2. The molecule has 110 valence electrons. The van der Waals surface area contributed by atoms with Crippen LogP contribution in [-0.4, -0.2) is 30.6 Å². The molecule has 0 aliphatic heterocycles. The Labute approximate surface area is 113 Å². The second-order valence-electron chi connectivity index (χ2n) is 4.33. The first-order valence-electron chi connectivity index (χ1n) is 5.65. The summed E-state index contributed by atoms with van der Waals surface area (Å²) in [5.74, 6) is 0. The molecule has 5 nitrogen and oxygen atoms in total. The molecule has 2 aromatic rings. The van der Waals surface area contributed by atoms with Crippen molar-refractivity contribution in [3.05, 3.63) is 35.8 Å². The molecule has 1 N–H and O–H groups in total. The van der Waals surface area contributed by atoms with Gasteiger partial charge < -0.3 is 4.40 Å². The molecular formula is C11H12F3N3O2S. The van der Waals surface area contributed by atoms with Gasteiger partial charge in [-0.2, -0.15) is 13.2 Å². The average Bonchev–Trinajstić information content (AvgIpc) is 2.67. The lowest BCUT2D eigenvalue weighted by atomic mass is 10.3. The van der Waals surface area contributed by atoms with Crippen molar-refractivity contribution in [2.24, 2.45) is 0 Å². The summed E-state index contributed by atoms with van der Waals surface area (Å²) in [5, 5.41) is 0. The van der Waals surface area contributed by atoms with Crippen LogP contribution in [0.4, 0.5) is 13.2 Å². The summed E-state index contributed by atoms with van der Waals surface area (Å²) in [6.07, 6.45) is -0.663. The molecule has 0 fully saturated rings. The van der Waals surface area contributed by atoms with E-state index >= 15 is 0 Å². The lowest BCUT2D eigenvalue weighted by Gasteiger charge is -2.05. The Balaban J connectivity index is 2.17. The smallest absolute Gasteiger partial charge is 0.306 e. The van der Waals surface area contributed by atoms with Gasteiger partial charge in [0, 0.05) is 25.4 Å². The number of aromatic nitrogens is 2. The minimum Gasteiger partial charge on any atom is -0.306 e. The number of hydrogen-bond acceptors (Lipinski definition) is 3.